The molecular weight excluding hydrogens is 400 g/mol. The highest BCUT2D eigenvalue weighted by Crippen LogP contribution is 2.52. The summed E-state index contributed by atoms with van der Waals surface area (Å²) in [6.45, 7) is 5.97. The number of anilines is 3. The molecular formula is C25H26N6O. The summed E-state index contributed by atoms with van der Waals surface area (Å²) < 4.78 is 0. The van der Waals surface area contributed by atoms with Crippen LogP contribution < -0.4 is 15.1 Å². The van der Waals surface area contributed by atoms with E-state index in [2.05, 4.69) is 39.5 Å². The zero-order chi connectivity index (χ0) is 22.8. The predicted octanol–water partition coefficient (Wildman–Crippen LogP) is 4.24. The Morgan fingerprint density at radius 2 is 1.84 bits per heavy atom. The van der Waals surface area contributed by atoms with Crippen LogP contribution in [0.2, 0.25) is 0 Å². The molecule has 2 heterocycles. The van der Waals surface area contributed by atoms with Crippen LogP contribution in [0.15, 0.2) is 30.3 Å². The highest BCUT2D eigenvalue weighted by molar-refractivity contribution is 6.13. The highest BCUT2D eigenvalue weighted by atomic mass is 16.2. The number of nitriles is 1. The third-order valence-electron chi connectivity index (χ3n) is 7.17. The minimum Gasteiger partial charge on any atom is -0.362 e. The monoisotopic (exact) mass is 426 g/mol. The Hall–Kier alpha value is -3.66. The summed E-state index contributed by atoms with van der Waals surface area (Å²) in [5.41, 5.74) is 5.06. The molecule has 7 nitrogen and oxygen atoms in total. The lowest BCUT2D eigenvalue weighted by Crippen LogP contribution is -2.52. The van der Waals surface area contributed by atoms with E-state index in [1.165, 1.54) is 0 Å². The standard InChI is InChI=1S/C25H26N6O/c1-14-17(13-26)7-6-8-18(14)15(2)27-23-20-12-21-22(11-19(20)16(3)28-29-23)31(5)25(9-10-25)24(32)30(21)4/h6-8,11-12,15H,9-10H2,1-5H3,(H,27,29)/t15-/m1/s1. The van der Waals surface area contributed by atoms with Crippen molar-refractivity contribution in [2.75, 3.05) is 29.2 Å². The van der Waals surface area contributed by atoms with Crippen molar-refractivity contribution in [3.63, 3.8) is 0 Å². The second-order valence-corrected chi connectivity index (χ2v) is 8.97. The van der Waals surface area contributed by atoms with Crippen molar-refractivity contribution >= 4 is 33.9 Å². The molecule has 0 saturated heterocycles. The van der Waals surface area contributed by atoms with Crippen LogP contribution in [-0.4, -0.2) is 35.7 Å². The molecule has 32 heavy (non-hydrogen) atoms. The second kappa shape index (κ2) is 6.92. The fourth-order valence-electron chi connectivity index (χ4n) is 4.94. The normalized spacial score (nSPS) is 17.3. The van der Waals surface area contributed by atoms with E-state index in [1.54, 1.807) is 4.90 Å². The van der Waals surface area contributed by atoms with E-state index < -0.39 is 0 Å². The third-order valence-corrected chi connectivity index (χ3v) is 7.17. The molecule has 1 fully saturated rings. The van der Waals surface area contributed by atoms with Gasteiger partial charge in [0.25, 0.3) is 5.91 Å². The Morgan fingerprint density at radius 3 is 2.53 bits per heavy atom. The van der Waals surface area contributed by atoms with Crippen molar-refractivity contribution in [2.24, 2.45) is 0 Å². The van der Waals surface area contributed by atoms with Crippen LogP contribution in [0, 0.1) is 25.2 Å². The second-order valence-electron chi connectivity index (χ2n) is 8.97. The van der Waals surface area contributed by atoms with Crippen LogP contribution in [0.3, 0.4) is 0 Å². The van der Waals surface area contributed by atoms with Crippen LogP contribution in [-0.2, 0) is 4.79 Å². The molecule has 7 heteroatoms. The van der Waals surface area contributed by atoms with Crippen LogP contribution in [0.4, 0.5) is 17.2 Å². The first-order chi connectivity index (χ1) is 15.3. The number of carbonyl (C=O) groups is 1. The molecule has 5 rings (SSSR count). The Labute approximate surface area is 187 Å². The van der Waals surface area contributed by atoms with Gasteiger partial charge >= 0.3 is 0 Å². The van der Waals surface area contributed by atoms with Gasteiger partial charge in [-0.25, -0.2) is 0 Å². The molecule has 1 N–H and O–H groups in total. The summed E-state index contributed by atoms with van der Waals surface area (Å²) in [5.74, 6) is 0.815. The number of benzene rings is 2. The SMILES string of the molecule is Cc1c(C#N)cccc1[C@@H](C)Nc1nnc(C)c2cc3c(cc12)N(C)C(=O)C1(CC1)N3C. The zero-order valence-corrected chi connectivity index (χ0v) is 19.0. The molecule has 1 aromatic heterocycles. The first-order valence-corrected chi connectivity index (χ1v) is 10.9. The predicted molar refractivity (Wildman–Crippen MR) is 126 cm³/mol. The molecule has 1 amide bonds. The van der Waals surface area contributed by atoms with Gasteiger partial charge in [0.1, 0.15) is 5.54 Å². The molecule has 0 bridgehead atoms. The van der Waals surface area contributed by atoms with Crippen molar-refractivity contribution in [1.82, 2.24) is 10.2 Å². The fraction of sp³-hybridized carbons (Fsp3) is 0.360. The molecule has 1 atom stereocenters. The summed E-state index contributed by atoms with van der Waals surface area (Å²) in [4.78, 5) is 17.0. The topological polar surface area (TPSA) is 85.1 Å². The van der Waals surface area contributed by atoms with Gasteiger partial charge < -0.3 is 15.1 Å². The van der Waals surface area contributed by atoms with Gasteiger partial charge in [-0.15, -0.1) is 5.10 Å². The van der Waals surface area contributed by atoms with E-state index in [1.807, 2.05) is 52.2 Å². The summed E-state index contributed by atoms with van der Waals surface area (Å²) in [7, 11) is 3.87. The number of amides is 1. The molecule has 3 aromatic rings. The van der Waals surface area contributed by atoms with Crippen LogP contribution in [0.25, 0.3) is 10.8 Å². The minimum absolute atomic E-state index is 0.0729. The Morgan fingerprint density at radius 1 is 1.12 bits per heavy atom. The number of aromatic nitrogens is 2. The first-order valence-electron chi connectivity index (χ1n) is 10.9. The average molecular weight is 427 g/mol. The van der Waals surface area contributed by atoms with Crippen LogP contribution in [0.1, 0.15) is 48.2 Å². The van der Waals surface area contributed by atoms with Crippen molar-refractivity contribution in [2.45, 2.75) is 45.2 Å². The molecule has 1 aliphatic heterocycles. The van der Waals surface area contributed by atoms with Gasteiger partial charge in [-0.05, 0) is 62.9 Å². The molecule has 162 valence electrons. The number of aryl methyl sites for hydroxylation is 1. The lowest BCUT2D eigenvalue weighted by molar-refractivity contribution is -0.120. The zero-order valence-electron chi connectivity index (χ0n) is 19.0. The number of rotatable bonds is 3. The highest BCUT2D eigenvalue weighted by Gasteiger charge is 2.57. The van der Waals surface area contributed by atoms with Crippen molar-refractivity contribution < 1.29 is 4.79 Å². The molecule has 0 radical (unpaired) electrons. The van der Waals surface area contributed by atoms with Crippen LogP contribution in [0.5, 0.6) is 0 Å². The lowest BCUT2D eigenvalue weighted by Gasteiger charge is -2.40. The summed E-state index contributed by atoms with van der Waals surface area (Å²) in [6, 6.07) is 12.1. The maximum atomic E-state index is 13.0. The molecule has 2 aliphatic rings. The molecule has 1 saturated carbocycles. The smallest absolute Gasteiger partial charge is 0.252 e. The molecule has 0 unspecified atom stereocenters. The Bertz CT molecular complexity index is 1320. The number of nitrogens with one attached hydrogen (secondary N) is 1. The Balaban J connectivity index is 1.61. The van der Waals surface area contributed by atoms with E-state index in [0.717, 1.165) is 51.8 Å². The first kappa shape index (κ1) is 20.3. The maximum Gasteiger partial charge on any atom is 0.252 e. The van der Waals surface area contributed by atoms with Gasteiger partial charge in [0.15, 0.2) is 5.82 Å². The lowest BCUT2D eigenvalue weighted by atomic mass is 9.97. The van der Waals surface area contributed by atoms with Gasteiger partial charge in [0.05, 0.1) is 34.7 Å². The van der Waals surface area contributed by atoms with Gasteiger partial charge in [-0.3, -0.25) is 4.79 Å². The molecule has 1 spiro atoms. The van der Waals surface area contributed by atoms with Gasteiger partial charge in [0.2, 0.25) is 0 Å². The van der Waals surface area contributed by atoms with E-state index in [4.69, 9.17) is 0 Å². The summed E-state index contributed by atoms with van der Waals surface area (Å²) >= 11 is 0. The van der Waals surface area contributed by atoms with E-state index in [-0.39, 0.29) is 17.5 Å². The van der Waals surface area contributed by atoms with E-state index >= 15 is 0 Å². The number of likely N-dealkylation sites (N-methyl/N-ethyl adjacent to an activating group) is 2. The van der Waals surface area contributed by atoms with E-state index in [0.29, 0.717) is 11.4 Å². The number of hydrogen-bond acceptors (Lipinski definition) is 6. The van der Waals surface area contributed by atoms with Crippen molar-refractivity contribution in [3.8, 4) is 6.07 Å². The largest absolute Gasteiger partial charge is 0.362 e. The van der Waals surface area contributed by atoms with Gasteiger partial charge in [-0.2, -0.15) is 10.4 Å². The summed E-state index contributed by atoms with van der Waals surface area (Å²) in [5, 5.41) is 23.7. The van der Waals surface area contributed by atoms with Crippen molar-refractivity contribution in [3.05, 3.63) is 52.7 Å². The minimum atomic E-state index is -0.386. The number of fused-ring (bicyclic) bond motifs is 2. The van der Waals surface area contributed by atoms with Crippen molar-refractivity contribution in [1.29, 1.82) is 5.26 Å². The van der Waals surface area contributed by atoms with Crippen LogP contribution >= 0.6 is 0 Å². The van der Waals surface area contributed by atoms with E-state index in [9.17, 15) is 10.1 Å². The number of hydrogen-bond donors (Lipinski definition) is 1. The third kappa shape index (κ3) is 2.76. The average Bonchev–Trinajstić information content (AvgIpc) is 3.60. The van der Waals surface area contributed by atoms with Gasteiger partial charge in [-0.1, -0.05) is 12.1 Å². The van der Waals surface area contributed by atoms with Gasteiger partial charge in [0, 0.05) is 24.9 Å². The number of nitrogens with zero attached hydrogens (tertiary/aromatic N) is 5. The summed E-state index contributed by atoms with van der Waals surface area (Å²) in [6.07, 6.45) is 1.78. The Kier molecular flexibility index (Phi) is 4.38. The maximum absolute atomic E-state index is 13.0. The fourth-order valence-corrected chi connectivity index (χ4v) is 4.94. The molecule has 1 aliphatic carbocycles. The number of carbonyl (C=O) groups excluding carboxylic acids is 1. The quantitative estimate of drug-likeness (QED) is 0.674. The molecule has 2 aromatic carbocycles.